The van der Waals surface area contributed by atoms with Crippen molar-refractivity contribution in [3.63, 3.8) is 0 Å². The van der Waals surface area contributed by atoms with Crippen LogP contribution in [0.2, 0.25) is 0 Å². The predicted molar refractivity (Wildman–Crippen MR) is 46.3 cm³/mol. The molecule has 0 radical (unpaired) electrons. The number of halogens is 3. The third-order valence-electron chi connectivity index (χ3n) is 1.94. The highest BCUT2D eigenvalue weighted by Crippen LogP contribution is 2.32. The number of aromatic amines is 1. The molecule has 0 aliphatic heterocycles. The second-order valence-corrected chi connectivity index (χ2v) is 3.11. The van der Waals surface area contributed by atoms with Crippen molar-refractivity contribution < 1.29 is 13.2 Å². The van der Waals surface area contributed by atoms with E-state index in [1.807, 2.05) is 0 Å². The van der Waals surface area contributed by atoms with Gasteiger partial charge in [0.1, 0.15) is 0 Å². The van der Waals surface area contributed by atoms with E-state index in [2.05, 4.69) is 10.1 Å². The van der Waals surface area contributed by atoms with Crippen molar-refractivity contribution in [1.82, 2.24) is 14.8 Å². The monoisotopic (exact) mass is 217 g/mol. The SMILES string of the molecule is Cn1cc2c(C(F)(F)F)cc(=O)[nH]c2n1. The van der Waals surface area contributed by atoms with Gasteiger partial charge in [0.15, 0.2) is 5.65 Å². The molecule has 0 saturated carbocycles. The van der Waals surface area contributed by atoms with Crippen LogP contribution in [0, 0.1) is 0 Å². The van der Waals surface area contributed by atoms with Crippen molar-refractivity contribution in [2.75, 3.05) is 0 Å². The molecule has 2 aromatic rings. The van der Waals surface area contributed by atoms with Crippen LogP contribution >= 0.6 is 0 Å². The molecular formula is C8H6F3N3O. The molecule has 0 aliphatic carbocycles. The number of nitrogens with one attached hydrogen (secondary N) is 1. The molecule has 7 heteroatoms. The van der Waals surface area contributed by atoms with Gasteiger partial charge in [0.2, 0.25) is 5.56 Å². The van der Waals surface area contributed by atoms with Crippen molar-refractivity contribution in [2.45, 2.75) is 6.18 Å². The minimum absolute atomic E-state index is 0.0580. The molecule has 2 aromatic heterocycles. The van der Waals surface area contributed by atoms with Gasteiger partial charge in [-0.15, -0.1) is 0 Å². The largest absolute Gasteiger partial charge is 0.417 e. The van der Waals surface area contributed by atoms with E-state index in [9.17, 15) is 18.0 Å². The number of nitrogens with zero attached hydrogens (tertiary/aromatic N) is 2. The summed E-state index contributed by atoms with van der Waals surface area (Å²) in [5, 5.41) is 3.60. The van der Waals surface area contributed by atoms with Gasteiger partial charge in [-0.3, -0.25) is 9.48 Å². The fraction of sp³-hybridized carbons (Fsp3) is 0.250. The highest BCUT2D eigenvalue weighted by Gasteiger charge is 2.33. The quantitative estimate of drug-likeness (QED) is 0.722. The van der Waals surface area contributed by atoms with E-state index < -0.39 is 17.3 Å². The number of rotatable bonds is 0. The van der Waals surface area contributed by atoms with Gasteiger partial charge in [0, 0.05) is 24.7 Å². The van der Waals surface area contributed by atoms with Crippen LogP contribution < -0.4 is 5.56 Å². The Morgan fingerprint density at radius 2 is 2.13 bits per heavy atom. The molecule has 4 nitrogen and oxygen atoms in total. The van der Waals surface area contributed by atoms with E-state index in [4.69, 9.17) is 0 Å². The average Bonchev–Trinajstić information content (AvgIpc) is 2.41. The number of hydrogen-bond acceptors (Lipinski definition) is 2. The number of H-pyrrole nitrogens is 1. The summed E-state index contributed by atoms with van der Waals surface area (Å²) >= 11 is 0. The molecule has 0 atom stereocenters. The molecule has 0 fully saturated rings. The number of alkyl halides is 3. The van der Waals surface area contributed by atoms with Crippen LogP contribution in [0.4, 0.5) is 13.2 Å². The van der Waals surface area contributed by atoms with Crippen LogP contribution in [0.25, 0.3) is 11.0 Å². The van der Waals surface area contributed by atoms with Gasteiger partial charge in [-0.25, -0.2) is 0 Å². The summed E-state index contributed by atoms with van der Waals surface area (Å²) in [6, 6.07) is 0.532. The third kappa shape index (κ3) is 1.60. The normalized spacial score (nSPS) is 12.3. The minimum Gasteiger partial charge on any atom is -0.305 e. The molecule has 0 spiro atoms. The summed E-state index contributed by atoms with van der Waals surface area (Å²) in [4.78, 5) is 13.2. The second kappa shape index (κ2) is 2.85. The Labute approximate surface area is 81.3 Å². The van der Waals surface area contributed by atoms with Crippen LogP contribution in [-0.4, -0.2) is 14.8 Å². The first-order valence-corrected chi connectivity index (χ1v) is 4.02. The molecule has 80 valence electrons. The molecule has 0 unspecified atom stereocenters. The Kier molecular flexibility index (Phi) is 1.85. The Morgan fingerprint density at radius 3 is 2.73 bits per heavy atom. The number of aromatic nitrogens is 3. The highest BCUT2D eigenvalue weighted by molar-refractivity contribution is 5.78. The predicted octanol–water partition coefficient (Wildman–Crippen LogP) is 1.28. The van der Waals surface area contributed by atoms with Gasteiger partial charge in [-0.1, -0.05) is 0 Å². The lowest BCUT2D eigenvalue weighted by atomic mass is 10.2. The zero-order valence-corrected chi connectivity index (χ0v) is 7.59. The molecule has 2 rings (SSSR count). The standard InChI is InChI=1S/C8H6F3N3O/c1-14-3-4-5(8(9,10)11)2-6(15)12-7(4)13-14/h2-3H,1H3,(H,12,13,15). The summed E-state index contributed by atoms with van der Waals surface area (Å²) in [6.07, 6.45) is -3.33. The first-order chi connectivity index (χ1) is 6.88. The van der Waals surface area contributed by atoms with E-state index in [-0.39, 0.29) is 11.0 Å². The molecule has 0 saturated heterocycles. The summed E-state index contributed by atoms with van der Waals surface area (Å²) < 4.78 is 38.8. The van der Waals surface area contributed by atoms with E-state index in [0.717, 1.165) is 0 Å². The second-order valence-electron chi connectivity index (χ2n) is 3.11. The van der Waals surface area contributed by atoms with Crippen molar-refractivity contribution in [1.29, 1.82) is 0 Å². The van der Waals surface area contributed by atoms with Crippen LogP contribution in [0.3, 0.4) is 0 Å². The summed E-state index contributed by atoms with van der Waals surface area (Å²) in [5.41, 5.74) is -1.83. The van der Waals surface area contributed by atoms with Crippen LogP contribution in [0.5, 0.6) is 0 Å². The molecular weight excluding hydrogens is 211 g/mol. The molecule has 0 bridgehead atoms. The number of fused-ring (bicyclic) bond motifs is 1. The van der Waals surface area contributed by atoms with E-state index in [1.165, 1.54) is 17.9 Å². The maximum Gasteiger partial charge on any atom is 0.417 e. The van der Waals surface area contributed by atoms with Crippen molar-refractivity contribution in [2.24, 2.45) is 7.05 Å². The maximum absolute atomic E-state index is 12.5. The van der Waals surface area contributed by atoms with Crippen LogP contribution in [0.15, 0.2) is 17.1 Å². The number of aryl methyl sites for hydroxylation is 1. The van der Waals surface area contributed by atoms with Gasteiger partial charge in [-0.2, -0.15) is 18.3 Å². The molecule has 2 heterocycles. The van der Waals surface area contributed by atoms with Crippen molar-refractivity contribution in [3.8, 4) is 0 Å². The Bertz CT molecular complexity index is 566. The lowest BCUT2D eigenvalue weighted by Crippen LogP contribution is -2.13. The van der Waals surface area contributed by atoms with Crippen molar-refractivity contribution in [3.05, 3.63) is 28.2 Å². The first-order valence-electron chi connectivity index (χ1n) is 4.02. The molecule has 0 aromatic carbocycles. The van der Waals surface area contributed by atoms with E-state index in [0.29, 0.717) is 6.07 Å². The van der Waals surface area contributed by atoms with Crippen LogP contribution in [0.1, 0.15) is 5.56 Å². The third-order valence-corrected chi connectivity index (χ3v) is 1.94. The fourth-order valence-electron chi connectivity index (χ4n) is 1.37. The highest BCUT2D eigenvalue weighted by atomic mass is 19.4. The van der Waals surface area contributed by atoms with Crippen molar-refractivity contribution >= 4 is 11.0 Å². The van der Waals surface area contributed by atoms with Gasteiger partial charge < -0.3 is 4.98 Å². The van der Waals surface area contributed by atoms with Crippen LogP contribution in [-0.2, 0) is 13.2 Å². The molecule has 0 aliphatic rings. The fourth-order valence-corrected chi connectivity index (χ4v) is 1.37. The Hall–Kier alpha value is -1.79. The minimum atomic E-state index is -4.55. The smallest absolute Gasteiger partial charge is 0.305 e. The zero-order chi connectivity index (χ0) is 11.2. The first kappa shape index (κ1) is 9.75. The molecule has 15 heavy (non-hydrogen) atoms. The topological polar surface area (TPSA) is 50.7 Å². The maximum atomic E-state index is 12.5. The Balaban J connectivity index is 2.88. The van der Waals surface area contributed by atoms with Gasteiger partial charge in [0.05, 0.1) is 5.56 Å². The van der Waals surface area contributed by atoms with E-state index >= 15 is 0 Å². The van der Waals surface area contributed by atoms with E-state index in [1.54, 1.807) is 0 Å². The van der Waals surface area contributed by atoms with Gasteiger partial charge >= 0.3 is 6.18 Å². The average molecular weight is 217 g/mol. The zero-order valence-electron chi connectivity index (χ0n) is 7.59. The summed E-state index contributed by atoms with van der Waals surface area (Å²) in [5.74, 6) is 0. The van der Waals surface area contributed by atoms with Gasteiger partial charge in [0.25, 0.3) is 0 Å². The number of hydrogen-bond donors (Lipinski definition) is 1. The Morgan fingerprint density at radius 1 is 1.47 bits per heavy atom. The summed E-state index contributed by atoms with van der Waals surface area (Å²) in [7, 11) is 1.48. The lowest BCUT2D eigenvalue weighted by Gasteiger charge is -2.05. The lowest BCUT2D eigenvalue weighted by molar-refractivity contribution is -0.136. The van der Waals surface area contributed by atoms with Gasteiger partial charge in [-0.05, 0) is 0 Å². The molecule has 0 amide bonds. The summed E-state index contributed by atoms with van der Waals surface area (Å²) in [6.45, 7) is 0. The number of pyridine rings is 1. The molecule has 1 N–H and O–H groups in total.